The molecule has 1 aromatic rings. The molecule has 0 aromatic heterocycles. The Morgan fingerprint density at radius 3 is 2.90 bits per heavy atom. The molecule has 2 aliphatic rings. The van der Waals surface area contributed by atoms with Gasteiger partial charge >= 0.3 is 0 Å². The van der Waals surface area contributed by atoms with E-state index in [9.17, 15) is 4.39 Å². The summed E-state index contributed by atoms with van der Waals surface area (Å²) in [4.78, 5) is 2.55. The Kier molecular flexibility index (Phi) is 5.99. The van der Waals surface area contributed by atoms with Crippen molar-refractivity contribution >= 4 is 0 Å². The van der Waals surface area contributed by atoms with Crippen LogP contribution in [0.4, 0.5) is 4.39 Å². The first-order valence-corrected chi connectivity index (χ1v) is 8.05. The van der Waals surface area contributed by atoms with Crippen molar-refractivity contribution in [1.82, 2.24) is 10.2 Å². The van der Waals surface area contributed by atoms with Crippen LogP contribution in [0.2, 0.25) is 0 Å². The molecule has 20 heavy (non-hydrogen) atoms. The zero-order chi connectivity index (χ0) is 14.4. The van der Waals surface area contributed by atoms with Crippen molar-refractivity contribution in [3.8, 4) is 0 Å². The number of nitrogens with zero attached hydrogens (tertiary/aromatic N) is 1. The fourth-order valence-electron chi connectivity index (χ4n) is 3.40. The highest BCUT2D eigenvalue weighted by Gasteiger charge is 2.32. The normalized spacial score (nSPS) is 26.4. The molecule has 2 atom stereocenters. The van der Waals surface area contributed by atoms with E-state index in [1.807, 2.05) is 26.0 Å². The highest BCUT2D eigenvalue weighted by Crippen LogP contribution is 2.25. The molecule has 1 N–H and O–H groups in total. The summed E-state index contributed by atoms with van der Waals surface area (Å²) in [6, 6.07) is 8.34. The minimum atomic E-state index is -0.122. The van der Waals surface area contributed by atoms with Gasteiger partial charge in [-0.2, -0.15) is 0 Å². The number of rotatable bonds is 2. The van der Waals surface area contributed by atoms with E-state index >= 15 is 0 Å². The number of hydrogen-bond donors (Lipinski definition) is 1. The minimum absolute atomic E-state index is 0.122. The van der Waals surface area contributed by atoms with E-state index in [0.29, 0.717) is 12.1 Å². The molecule has 2 saturated heterocycles. The van der Waals surface area contributed by atoms with Gasteiger partial charge in [-0.3, -0.25) is 4.90 Å². The number of fused-ring (bicyclic) bond motifs is 1. The van der Waals surface area contributed by atoms with Gasteiger partial charge in [-0.1, -0.05) is 32.4 Å². The smallest absolute Gasteiger partial charge is 0.123 e. The highest BCUT2D eigenvalue weighted by molar-refractivity contribution is 5.16. The topological polar surface area (TPSA) is 15.3 Å². The second-order valence-electron chi connectivity index (χ2n) is 5.51. The van der Waals surface area contributed by atoms with Crippen molar-refractivity contribution in [3.05, 3.63) is 35.6 Å². The summed E-state index contributed by atoms with van der Waals surface area (Å²) in [6.45, 7) is 7.18. The van der Waals surface area contributed by atoms with Crippen molar-refractivity contribution in [3.63, 3.8) is 0 Å². The number of halogens is 1. The molecule has 3 heteroatoms. The number of likely N-dealkylation sites (tertiary alicyclic amines) is 1. The van der Waals surface area contributed by atoms with Crippen LogP contribution in [0.3, 0.4) is 0 Å². The van der Waals surface area contributed by atoms with Gasteiger partial charge in [0.15, 0.2) is 0 Å². The molecule has 3 rings (SSSR count). The fraction of sp³-hybridized carbons (Fsp3) is 0.647. The quantitative estimate of drug-likeness (QED) is 0.889. The first kappa shape index (κ1) is 15.5. The molecule has 2 unspecified atom stereocenters. The lowest BCUT2D eigenvalue weighted by molar-refractivity contribution is 0.186. The molecular formula is C17H27FN2. The summed E-state index contributed by atoms with van der Waals surface area (Å²) in [7, 11) is 0. The zero-order valence-corrected chi connectivity index (χ0v) is 12.7. The van der Waals surface area contributed by atoms with Gasteiger partial charge in [0.1, 0.15) is 5.82 Å². The Balaban J connectivity index is 0.000000704. The van der Waals surface area contributed by atoms with E-state index in [2.05, 4.69) is 10.2 Å². The predicted octanol–water partition coefficient (Wildman–Crippen LogP) is 3.57. The average molecular weight is 278 g/mol. The predicted molar refractivity (Wildman–Crippen MR) is 82.2 cm³/mol. The molecule has 0 bridgehead atoms. The Bertz CT molecular complexity index is 408. The van der Waals surface area contributed by atoms with Crippen molar-refractivity contribution < 1.29 is 4.39 Å². The van der Waals surface area contributed by atoms with Gasteiger partial charge in [-0.25, -0.2) is 4.39 Å². The van der Waals surface area contributed by atoms with Crippen LogP contribution in [-0.2, 0) is 6.54 Å². The van der Waals surface area contributed by atoms with E-state index in [1.54, 1.807) is 6.07 Å². The molecule has 112 valence electrons. The van der Waals surface area contributed by atoms with Crippen molar-refractivity contribution in [2.45, 2.75) is 58.2 Å². The minimum Gasteiger partial charge on any atom is -0.312 e. The van der Waals surface area contributed by atoms with Crippen LogP contribution < -0.4 is 5.32 Å². The van der Waals surface area contributed by atoms with Crippen LogP contribution in [0, 0.1) is 5.82 Å². The van der Waals surface area contributed by atoms with Gasteiger partial charge in [0.05, 0.1) is 0 Å². The fourth-order valence-corrected chi connectivity index (χ4v) is 3.40. The number of hydrogen-bond acceptors (Lipinski definition) is 2. The zero-order valence-electron chi connectivity index (χ0n) is 12.7. The standard InChI is InChI=1S/C15H21FN2.C2H6/c16-13-5-3-4-12(10-13)11-18-9-2-1-6-14-15(18)7-8-17-14;1-2/h3-5,10,14-15,17H,1-2,6-9,11H2;1-2H3. The second kappa shape index (κ2) is 7.75. The summed E-state index contributed by atoms with van der Waals surface area (Å²) in [5.74, 6) is -0.122. The Hall–Kier alpha value is -0.930. The lowest BCUT2D eigenvalue weighted by Gasteiger charge is -2.30. The summed E-state index contributed by atoms with van der Waals surface area (Å²) in [5.41, 5.74) is 1.10. The number of benzene rings is 1. The maximum absolute atomic E-state index is 13.2. The summed E-state index contributed by atoms with van der Waals surface area (Å²) in [5, 5.41) is 3.61. The Morgan fingerprint density at radius 1 is 1.25 bits per heavy atom. The third-order valence-electron chi connectivity index (χ3n) is 4.27. The second-order valence-corrected chi connectivity index (χ2v) is 5.51. The van der Waals surface area contributed by atoms with E-state index in [-0.39, 0.29) is 5.82 Å². The third kappa shape index (κ3) is 3.80. The van der Waals surface area contributed by atoms with Gasteiger partial charge in [-0.15, -0.1) is 0 Å². The van der Waals surface area contributed by atoms with E-state index in [1.165, 1.54) is 31.7 Å². The van der Waals surface area contributed by atoms with Crippen LogP contribution >= 0.6 is 0 Å². The lowest BCUT2D eigenvalue weighted by Crippen LogP contribution is -2.41. The van der Waals surface area contributed by atoms with Crippen LogP contribution in [0.1, 0.15) is 45.1 Å². The monoisotopic (exact) mass is 278 g/mol. The highest BCUT2D eigenvalue weighted by atomic mass is 19.1. The maximum Gasteiger partial charge on any atom is 0.123 e. The molecule has 2 nitrogen and oxygen atoms in total. The van der Waals surface area contributed by atoms with Crippen LogP contribution in [-0.4, -0.2) is 30.1 Å². The molecule has 0 saturated carbocycles. The summed E-state index contributed by atoms with van der Waals surface area (Å²) in [6.07, 6.45) is 5.11. The average Bonchev–Trinajstić information content (AvgIpc) is 2.85. The third-order valence-corrected chi connectivity index (χ3v) is 4.27. The van der Waals surface area contributed by atoms with Gasteiger partial charge in [-0.05, 0) is 50.0 Å². The molecule has 1 aromatic carbocycles. The van der Waals surface area contributed by atoms with Gasteiger partial charge in [0.25, 0.3) is 0 Å². The molecule has 2 fully saturated rings. The van der Waals surface area contributed by atoms with Crippen LogP contribution in [0.25, 0.3) is 0 Å². The summed E-state index contributed by atoms with van der Waals surface area (Å²) < 4.78 is 13.2. The molecule has 2 heterocycles. The molecule has 0 radical (unpaired) electrons. The molecule has 0 spiro atoms. The van der Waals surface area contributed by atoms with Crippen molar-refractivity contribution in [2.75, 3.05) is 13.1 Å². The SMILES string of the molecule is CC.Fc1cccc(CN2CCCCC3NCCC32)c1. The lowest BCUT2D eigenvalue weighted by atomic mass is 10.0. The van der Waals surface area contributed by atoms with Gasteiger partial charge in [0.2, 0.25) is 0 Å². The molecule has 0 amide bonds. The van der Waals surface area contributed by atoms with E-state index in [4.69, 9.17) is 0 Å². The Labute approximate surface area is 122 Å². The van der Waals surface area contributed by atoms with Crippen LogP contribution in [0.15, 0.2) is 24.3 Å². The molecular weight excluding hydrogens is 251 g/mol. The van der Waals surface area contributed by atoms with E-state index < -0.39 is 0 Å². The molecule has 2 aliphatic heterocycles. The summed E-state index contributed by atoms with van der Waals surface area (Å²) >= 11 is 0. The first-order chi connectivity index (χ1) is 9.83. The first-order valence-electron chi connectivity index (χ1n) is 8.05. The number of nitrogens with one attached hydrogen (secondary N) is 1. The van der Waals surface area contributed by atoms with Gasteiger partial charge in [0, 0.05) is 18.6 Å². The van der Waals surface area contributed by atoms with Crippen LogP contribution in [0.5, 0.6) is 0 Å². The van der Waals surface area contributed by atoms with E-state index in [0.717, 1.165) is 25.2 Å². The maximum atomic E-state index is 13.2. The molecule has 0 aliphatic carbocycles. The van der Waals surface area contributed by atoms with Gasteiger partial charge < -0.3 is 5.32 Å². The Morgan fingerprint density at radius 2 is 2.10 bits per heavy atom. The van der Waals surface area contributed by atoms with Crippen molar-refractivity contribution in [2.24, 2.45) is 0 Å². The van der Waals surface area contributed by atoms with Crippen molar-refractivity contribution in [1.29, 1.82) is 0 Å². The largest absolute Gasteiger partial charge is 0.312 e.